The number of amides is 1. The molecule has 2 aromatic carbocycles. The molecule has 1 aliphatic rings. The van der Waals surface area contributed by atoms with Gasteiger partial charge in [0.15, 0.2) is 0 Å². The molecule has 1 aromatic heterocycles. The maximum Gasteiger partial charge on any atom is 0.229 e. The second kappa shape index (κ2) is 7.61. The number of anilines is 2. The number of nitrogens with one attached hydrogen (secondary N) is 2. The highest BCUT2D eigenvalue weighted by molar-refractivity contribution is 7.92. The number of aryl methyl sites for hydroxylation is 1. The Kier molecular flexibility index (Phi) is 5.14. The summed E-state index contributed by atoms with van der Waals surface area (Å²) < 4.78 is 25.1. The van der Waals surface area contributed by atoms with E-state index in [1.165, 1.54) is 0 Å². The van der Waals surface area contributed by atoms with Crippen LogP contribution in [0.2, 0.25) is 0 Å². The number of carbonyl (C=O) groups excluding carboxylic acids is 1. The molecule has 0 spiro atoms. The van der Waals surface area contributed by atoms with Crippen LogP contribution in [0.3, 0.4) is 0 Å². The van der Waals surface area contributed by atoms with Gasteiger partial charge in [0.25, 0.3) is 0 Å². The lowest BCUT2D eigenvalue weighted by molar-refractivity contribution is -0.117. The van der Waals surface area contributed by atoms with E-state index >= 15 is 0 Å². The van der Waals surface area contributed by atoms with Gasteiger partial charge in [-0.2, -0.15) is 0 Å². The summed E-state index contributed by atoms with van der Waals surface area (Å²) in [6.07, 6.45) is 3.09. The van der Waals surface area contributed by atoms with Crippen molar-refractivity contribution in [1.29, 1.82) is 0 Å². The third-order valence-electron chi connectivity index (χ3n) is 4.61. The van der Waals surface area contributed by atoms with E-state index in [4.69, 9.17) is 4.98 Å². The van der Waals surface area contributed by atoms with Crippen LogP contribution in [0, 0.1) is 12.8 Å². The topological polar surface area (TPSA) is 88.2 Å². The van der Waals surface area contributed by atoms with Gasteiger partial charge in [-0.25, -0.2) is 13.4 Å². The van der Waals surface area contributed by atoms with E-state index in [0.717, 1.165) is 51.5 Å². The normalized spacial score (nSPS) is 13.9. The second-order valence-corrected chi connectivity index (χ2v) is 10.2. The molecule has 2 N–H and O–H groups in total. The van der Waals surface area contributed by atoms with Crippen LogP contribution in [0.15, 0.2) is 48.5 Å². The third kappa shape index (κ3) is 4.83. The molecule has 0 unspecified atom stereocenters. The molecule has 0 aliphatic heterocycles. The molecule has 1 saturated carbocycles. The van der Waals surface area contributed by atoms with Crippen molar-refractivity contribution in [2.75, 3.05) is 16.3 Å². The van der Waals surface area contributed by atoms with Gasteiger partial charge >= 0.3 is 0 Å². The molecular formula is C21H21N3O3S2. The zero-order valence-corrected chi connectivity index (χ0v) is 17.7. The highest BCUT2D eigenvalue weighted by atomic mass is 32.2. The quantitative estimate of drug-likeness (QED) is 0.606. The maximum absolute atomic E-state index is 11.9. The zero-order valence-electron chi connectivity index (χ0n) is 16.1. The third-order valence-corrected chi connectivity index (χ3v) is 6.23. The Morgan fingerprint density at radius 1 is 1.00 bits per heavy atom. The predicted molar refractivity (Wildman–Crippen MR) is 118 cm³/mol. The summed E-state index contributed by atoms with van der Waals surface area (Å²) in [4.78, 5) is 17.7. The fourth-order valence-corrected chi connectivity index (χ4v) is 4.49. The molecular weight excluding hydrogens is 406 g/mol. The standard InChI is InChI=1S/C21H21N3O3S2/c1-13-19(14-5-11-18(12-6-14)24-29(2,26)27)23-21(28-13)16-7-9-17(10-8-16)22-20(25)15-3-4-15/h5-12,15,24H,3-4H2,1-2H3,(H,22,25). The number of nitrogens with zero attached hydrogens (tertiary/aromatic N) is 1. The van der Waals surface area contributed by atoms with E-state index in [9.17, 15) is 13.2 Å². The minimum atomic E-state index is -3.30. The van der Waals surface area contributed by atoms with Gasteiger partial charge < -0.3 is 5.32 Å². The smallest absolute Gasteiger partial charge is 0.229 e. The number of rotatable bonds is 6. The van der Waals surface area contributed by atoms with Crippen LogP contribution in [0.1, 0.15) is 17.7 Å². The molecule has 6 nitrogen and oxygen atoms in total. The Morgan fingerprint density at radius 2 is 1.59 bits per heavy atom. The minimum Gasteiger partial charge on any atom is -0.326 e. The van der Waals surface area contributed by atoms with Crippen LogP contribution in [-0.2, 0) is 14.8 Å². The summed E-state index contributed by atoms with van der Waals surface area (Å²) in [5, 5.41) is 3.84. The molecule has 3 aromatic rings. The number of hydrogen-bond acceptors (Lipinski definition) is 5. The number of sulfonamides is 1. The Labute approximate surface area is 174 Å². The van der Waals surface area contributed by atoms with E-state index < -0.39 is 10.0 Å². The van der Waals surface area contributed by atoms with Gasteiger partial charge in [-0.15, -0.1) is 11.3 Å². The number of benzene rings is 2. The van der Waals surface area contributed by atoms with Gasteiger partial charge in [0.2, 0.25) is 15.9 Å². The lowest BCUT2D eigenvalue weighted by atomic mass is 10.1. The number of hydrogen-bond donors (Lipinski definition) is 2. The van der Waals surface area contributed by atoms with Crippen molar-refractivity contribution in [3.05, 3.63) is 53.4 Å². The predicted octanol–water partition coefficient (Wildman–Crippen LogP) is 4.51. The van der Waals surface area contributed by atoms with Crippen molar-refractivity contribution >= 4 is 38.6 Å². The molecule has 1 fully saturated rings. The van der Waals surface area contributed by atoms with Gasteiger partial charge in [-0.05, 0) is 56.2 Å². The first kappa shape index (κ1) is 19.6. The molecule has 4 rings (SSSR count). The van der Waals surface area contributed by atoms with Crippen molar-refractivity contribution in [2.45, 2.75) is 19.8 Å². The van der Waals surface area contributed by atoms with Crippen molar-refractivity contribution in [3.8, 4) is 21.8 Å². The fourth-order valence-electron chi connectivity index (χ4n) is 2.98. The molecule has 0 saturated heterocycles. The van der Waals surface area contributed by atoms with Gasteiger partial charge in [-0.3, -0.25) is 9.52 Å². The largest absolute Gasteiger partial charge is 0.326 e. The molecule has 0 radical (unpaired) electrons. The Balaban J connectivity index is 1.52. The highest BCUT2D eigenvalue weighted by Crippen LogP contribution is 2.34. The first-order chi connectivity index (χ1) is 13.8. The lowest BCUT2D eigenvalue weighted by Gasteiger charge is -2.05. The Bertz CT molecular complexity index is 1150. The van der Waals surface area contributed by atoms with Crippen LogP contribution < -0.4 is 10.0 Å². The van der Waals surface area contributed by atoms with Gasteiger partial charge in [0.1, 0.15) is 5.01 Å². The first-order valence-corrected chi connectivity index (χ1v) is 12.0. The molecule has 8 heteroatoms. The van der Waals surface area contributed by atoms with Crippen LogP contribution in [-0.4, -0.2) is 25.6 Å². The monoisotopic (exact) mass is 427 g/mol. The second-order valence-electron chi connectivity index (χ2n) is 7.22. The maximum atomic E-state index is 11.9. The summed E-state index contributed by atoms with van der Waals surface area (Å²) in [5.74, 6) is 0.275. The summed E-state index contributed by atoms with van der Waals surface area (Å²) in [6.45, 7) is 2.02. The summed E-state index contributed by atoms with van der Waals surface area (Å²) >= 11 is 1.60. The van der Waals surface area contributed by atoms with Gasteiger partial charge in [-0.1, -0.05) is 12.1 Å². The summed E-state index contributed by atoms with van der Waals surface area (Å²) in [5.41, 5.74) is 4.12. The van der Waals surface area contributed by atoms with Crippen molar-refractivity contribution in [2.24, 2.45) is 5.92 Å². The summed E-state index contributed by atoms with van der Waals surface area (Å²) in [6, 6.07) is 14.9. The molecule has 150 valence electrons. The van der Waals surface area contributed by atoms with Gasteiger partial charge in [0, 0.05) is 33.3 Å². The van der Waals surface area contributed by atoms with Crippen molar-refractivity contribution in [3.63, 3.8) is 0 Å². The van der Waals surface area contributed by atoms with E-state index in [-0.39, 0.29) is 11.8 Å². The number of carbonyl (C=O) groups is 1. The highest BCUT2D eigenvalue weighted by Gasteiger charge is 2.29. The number of thiazole rings is 1. The minimum absolute atomic E-state index is 0.0962. The van der Waals surface area contributed by atoms with Crippen molar-refractivity contribution in [1.82, 2.24) is 4.98 Å². The molecule has 0 atom stereocenters. The van der Waals surface area contributed by atoms with Crippen LogP contribution >= 0.6 is 11.3 Å². The lowest BCUT2D eigenvalue weighted by Crippen LogP contribution is -2.12. The molecule has 29 heavy (non-hydrogen) atoms. The first-order valence-electron chi connectivity index (χ1n) is 9.25. The molecule has 1 heterocycles. The van der Waals surface area contributed by atoms with E-state index in [1.54, 1.807) is 23.5 Å². The fraction of sp³-hybridized carbons (Fsp3) is 0.238. The Hall–Kier alpha value is -2.71. The van der Waals surface area contributed by atoms with Crippen molar-refractivity contribution < 1.29 is 13.2 Å². The van der Waals surface area contributed by atoms with E-state index in [1.807, 2.05) is 43.3 Å². The van der Waals surface area contributed by atoms with E-state index in [0.29, 0.717) is 5.69 Å². The van der Waals surface area contributed by atoms with Gasteiger partial charge in [0.05, 0.1) is 11.9 Å². The average Bonchev–Trinajstić information content (AvgIpc) is 3.45. The molecule has 1 amide bonds. The zero-order chi connectivity index (χ0) is 20.6. The number of aromatic nitrogens is 1. The van der Waals surface area contributed by atoms with E-state index in [2.05, 4.69) is 10.0 Å². The summed E-state index contributed by atoms with van der Waals surface area (Å²) in [7, 11) is -3.30. The SMILES string of the molecule is Cc1sc(-c2ccc(NC(=O)C3CC3)cc2)nc1-c1ccc(NS(C)(=O)=O)cc1. The van der Waals surface area contributed by atoms with Crippen LogP contribution in [0.4, 0.5) is 11.4 Å². The van der Waals surface area contributed by atoms with Crippen LogP contribution in [0.25, 0.3) is 21.8 Å². The van der Waals surface area contributed by atoms with Crippen LogP contribution in [0.5, 0.6) is 0 Å². The molecule has 0 bridgehead atoms. The average molecular weight is 428 g/mol. The molecule has 1 aliphatic carbocycles. The Morgan fingerprint density at radius 3 is 2.17 bits per heavy atom.